The number of benzene rings is 1. The summed E-state index contributed by atoms with van der Waals surface area (Å²) in [6, 6.07) is 6.25. The average Bonchev–Trinajstić information content (AvgIpc) is 2.38. The molecule has 0 radical (unpaired) electrons. The van der Waals surface area contributed by atoms with Crippen molar-refractivity contribution in [1.29, 1.82) is 0 Å². The van der Waals surface area contributed by atoms with E-state index in [-0.39, 0.29) is 0 Å². The van der Waals surface area contributed by atoms with Gasteiger partial charge in [0.05, 0.1) is 5.02 Å². The predicted octanol–water partition coefficient (Wildman–Crippen LogP) is 2.68. The Hall–Kier alpha value is -1.06. The SMILES string of the molecule is CC(C)N1CCN(c2ccc(C=O)c(Cl)c2)CC1. The fourth-order valence-corrected chi connectivity index (χ4v) is 2.52. The second-order valence-electron chi connectivity index (χ2n) is 4.94. The Morgan fingerprint density at radius 3 is 2.39 bits per heavy atom. The van der Waals surface area contributed by atoms with Crippen molar-refractivity contribution < 1.29 is 4.79 Å². The largest absolute Gasteiger partial charge is 0.369 e. The minimum absolute atomic E-state index is 0.536. The summed E-state index contributed by atoms with van der Waals surface area (Å²) >= 11 is 6.06. The molecule has 1 heterocycles. The number of aldehydes is 1. The molecule has 2 rings (SSSR count). The van der Waals surface area contributed by atoms with Crippen molar-refractivity contribution in [1.82, 2.24) is 4.90 Å². The van der Waals surface area contributed by atoms with Crippen molar-refractivity contribution >= 4 is 23.6 Å². The Labute approximate surface area is 113 Å². The van der Waals surface area contributed by atoms with Crippen molar-refractivity contribution in [2.45, 2.75) is 19.9 Å². The number of nitrogens with zero attached hydrogens (tertiary/aromatic N) is 2. The van der Waals surface area contributed by atoms with Crippen LogP contribution in [0.1, 0.15) is 24.2 Å². The Morgan fingerprint density at radius 1 is 1.22 bits per heavy atom. The lowest BCUT2D eigenvalue weighted by Crippen LogP contribution is -2.48. The molecule has 0 atom stereocenters. The van der Waals surface area contributed by atoms with Crippen molar-refractivity contribution in [3.05, 3.63) is 28.8 Å². The van der Waals surface area contributed by atoms with E-state index in [1.165, 1.54) is 0 Å². The van der Waals surface area contributed by atoms with E-state index in [0.717, 1.165) is 38.2 Å². The van der Waals surface area contributed by atoms with E-state index in [2.05, 4.69) is 23.6 Å². The number of piperazine rings is 1. The Morgan fingerprint density at radius 2 is 1.89 bits per heavy atom. The molecule has 3 nitrogen and oxygen atoms in total. The van der Waals surface area contributed by atoms with Crippen LogP contribution in [0.5, 0.6) is 0 Å². The molecule has 1 saturated heterocycles. The lowest BCUT2D eigenvalue weighted by atomic mass is 10.2. The minimum Gasteiger partial charge on any atom is -0.369 e. The second kappa shape index (κ2) is 5.72. The number of halogens is 1. The van der Waals surface area contributed by atoms with Gasteiger partial charge in [0.2, 0.25) is 0 Å². The molecule has 1 aliphatic rings. The molecule has 0 spiro atoms. The van der Waals surface area contributed by atoms with Gasteiger partial charge in [-0.15, -0.1) is 0 Å². The monoisotopic (exact) mass is 266 g/mol. The summed E-state index contributed by atoms with van der Waals surface area (Å²) in [5.74, 6) is 0. The molecule has 4 heteroatoms. The Kier molecular flexibility index (Phi) is 4.25. The summed E-state index contributed by atoms with van der Waals surface area (Å²) in [6.07, 6.45) is 0.794. The normalized spacial score (nSPS) is 17.2. The molecule has 18 heavy (non-hydrogen) atoms. The van der Waals surface area contributed by atoms with Crippen molar-refractivity contribution in [3.63, 3.8) is 0 Å². The van der Waals surface area contributed by atoms with E-state index in [0.29, 0.717) is 16.6 Å². The Balaban J connectivity index is 2.05. The van der Waals surface area contributed by atoms with Gasteiger partial charge in [-0.25, -0.2) is 0 Å². The summed E-state index contributed by atoms with van der Waals surface area (Å²) in [5.41, 5.74) is 1.66. The molecular weight excluding hydrogens is 248 g/mol. The summed E-state index contributed by atoms with van der Waals surface area (Å²) in [7, 11) is 0. The number of anilines is 1. The van der Waals surface area contributed by atoms with Crippen LogP contribution in [0.2, 0.25) is 5.02 Å². The number of carbonyl (C=O) groups is 1. The van der Waals surface area contributed by atoms with E-state index in [1.54, 1.807) is 6.07 Å². The first kappa shape index (κ1) is 13.4. The van der Waals surface area contributed by atoms with Gasteiger partial charge in [-0.2, -0.15) is 0 Å². The zero-order valence-electron chi connectivity index (χ0n) is 10.9. The molecule has 1 aromatic rings. The van der Waals surface area contributed by atoms with Crippen LogP contribution in [0.3, 0.4) is 0 Å². The average molecular weight is 267 g/mol. The highest BCUT2D eigenvalue weighted by molar-refractivity contribution is 6.33. The minimum atomic E-state index is 0.536. The maximum absolute atomic E-state index is 10.7. The van der Waals surface area contributed by atoms with Crippen molar-refractivity contribution in [3.8, 4) is 0 Å². The third kappa shape index (κ3) is 2.85. The van der Waals surface area contributed by atoms with E-state index in [9.17, 15) is 4.79 Å². The fourth-order valence-electron chi connectivity index (χ4n) is 2.30. The highest BCUT2D eigenvalue weighted by Crippen LogP contribution is 2.24. The third-order valence-corrected chi connectivity index (χ3v) is 3.85. The van der Waals surface area contributed by atoms with E-state index < -0.39 is 0 Å². The fraction of sp³-hybridized carbons (Fsp3) is 0.500. The van der Waals surface area contributed by atoms with Gasteiger partial charge >= 0.3 is 0 Å². The molecule has 0 saturated carbocycles. The molecule has 0 unspecified atom stereocenters. The lowest BCUT2D eigenvalue weighted by molar-refractivity contribution is 0.112. The first-order chi connectivity index (χ1) is 8.61. The Bertz CT molecular complexity index is 426. The molecule has 0 N–H and O–H groups in total. The molecule has 98 valence electrons. The number of rotatable bonds is 3. The molecule has 0 aromatic heterocycles. The van der Waals surface area contributed by atoms with Crippen LogP contribution in [-0.2, 0) is 0 Å². The summed E-state index contributed by atoms with van der Waals surface area (Å²) in [4.78, 5) is 15.5. The van der Waals surface area contributed by atoms with Crippen molar-refractivity contribution in [2.75, 3.05) is 31.1 Å². The van der Waals surface area contributed by atoms with Gasteiger partial charge in [-0.1, -0.05) is 11.6 Å². The smallest absolute Gasteiger partial charge is 0.151 e. The maximum atomic E-state index is 10.7. The molecule has 0 aliphatic carbocycles. The summed E-state index contributed by atoms with van der Waals surface area (Å²) in [6.45, 7) is 8.62. The van der Waals surface area contributed by atoms with Crippen LogP contribution in [-0.4, -0.2) is 43.4 Å². The molecule has 1 fully saturated rings. The number of hydrogen-bond acceptors (Lipinski definition) is 3. The topological polar surface area (TPSA) is 23.6 Å². The summed E-state index contributed by atoms with van der Waals surface area (Å²) < 4.78 is 0. The number of hydrogen-bond donors (Lipinski definition) is 0. The van der Waals surface area contributed by atoms with Crippen LogP contribution in [0, 0.1) is 0 Å². The van der Waals surface area contributed by atoms with Gasteiger partial charge in [0.15, 0.2) is 6.29 Å². The van der Waals surface area contributed by atoms with Crippen molar-refractivity contribution in [2.24, 2.45) is 0 Å². The van der Waals surface area contributed by atoms with E-state index in [4.69, 9.17) is 11.6 Å². The molecule has 1 aromatic carbocycles. The van der Waals surface area contributed by atoms with Gasteiger partial charge in [0, 0.05) is 43.5 Å². The third-order valence-electron chi connectivity index (χ3n) is 3.52. The van der Waals surface area contributed by atoms with Gasteiger partial charge in [-0.3, -0.25) is 9.69 Å². The van der Waals surface area contributed by atoms with Gasteiger partial charge in [0.1, 0.15) is 0 Å². The molecule has 0 amide bonds. The molecular formula is C14H19ClN2O. The van der Waals surface area contributed by atoms with Crippen LogP contribution in [0.25, 0.3) is 0 Å². The molecule has 1 aliphatic heterocycles. The first-order valence-electron chi connectivity index (χ1n) is 6.35. The van der Waals surface area contributed by atoms with Crippen LogP contribution in [0.4, 0.5) is 5.69 Å². The van der Waals surface area contributed by atoms with Gasteiger partial charge in [0.25, 0.3) is 0 Å². The molecule has 0 bridgehead atoms. The standard InChI is InChI=1S/C14H19ClN2O/c1-11(2)16-5-7-17(8-6-16)13-4-3-12(10-18)14(15)9-13/h3-4,9-11H,5-8H2,1-2H3. The summed E-state index contributed by atoms with van der Waals surface area (Å²) in [5, 5.41) is 0.536. The van der Waals surface area contributed by atoms with Crippen LogP contribution < -0.4 is 4.90 Å². The lowest BCUT2D eigenvalue weighted by Gasteiger charge is -2.38. The van der Waals surface area contributed by atoms with E-state index in [1.807, 2.05) is 12.1 Å². The predicted molar refractivity (Wildman–Crippen MR) is 75.8 cm³/mol. The zero-order chi connectivity index (χ0) is 13.1. The van der Waals surface area contributed by atoms with E-state index >= 15 is 0 Å². The number of carbonyl (C=O) groups excluding carboxylic acids is 1. The van der Waals surface area contributed by atoms with Crippen LogP contribution in [0.15, 0.2) is 18.2 Å². The second-order valence-corrected chi connectivity index (χ2v) is 5.35. The maximum Gasteiger partial charge on any atom is 0.151 e. The van der Waals surface area contributed by atoms with Crippen LogP contribution >= 0.6 is 11.6 Å². The van der Waals surface area contributed by atoms with Gasteiger partial charge in [-0.05, 0) is 32.0 Å². The highest BCUT2D eigenvalue weighted by atomic mass is 35.5. The first-order valence-corrected chi connectivity index (χ1v) is 6.73. The van der Waals surface area contributed by atoms with Gasteiger partial charge < -0.3 is 4.90 Å². The highest BCUT2D eigenvalue weighted by Gasteiger charge is 2.19. The quantitative estimate of drug-likeness (QED) is 0.786. The zero-order valence-corrected chi connectivity index (χ0v) is 11.7.